The van der Waals surface area contributed by atoms with E-state index in [1.165, 1.54) is 39.0 Å². The summed E-state index contributed by atoms with van der Waals surface area (Å²) < 4.78 is 30.4. The smallest absolute Gasteiger partial charge is 0.387 e. The van der Waals surface area contributed by atoms with Gasteiger partial charge >= 0.3 is 6.61 Å². The number of ether oxygens (including phenoxy) is 1. The fourth-order valence-electron chi connectivity index (χ4n) is 3.97. The van der Waals surface area contributed by atoms with Crippen molar-refractivity contribution in [2.24, 2.45) is 5.92 Å². The quantitative estimate of drug-likeness (QED) is 0.305. The molecule has 3 aromatic heterocycles. The van der Waals surface area contributed by atoms with E-state index in [2.05, 4.69) is 26.8 Å². The van der Waals surface area contributed by atoms with Gasteiger partial charge in [-0.3, -0.25) is 0 Å². The van der Waals surface area contributed by atoms with Crippen molar-refractivity contribution in [2.45, 2.75) is 43.7 Å². The van der Waals surface area contributed by atoms with E-state index in [1.54, 1.807) is 23.5 Å². The van der Waals surface area contributed by atoms with E-state index in [9.17, 15) is 8.78 Å². The number of hydrogen-bond donors (Lipinski definition) is 2. The molecule has 5 rings (SSSR count). The van der Waals surface area contributed by atoms with Crippen LogP contribution in [0.15, 0.2) is 29.4 Å². The average Bonchev–Trinajstić information content (AvgIpc) is 3.32. The average molecular weight is 490 g/mol. The van der Waals surface area contributed by atoms with Crippen molar-refractivity contribution in [1.29, 1.82) is 0 Å². The van der Waals surface area contributed by atoms with E-state index in [0.717, 1.165) is 29.5 Å². The molecule has 0 saturated carbocycles. The highest BCUT2D eigenvalue weighted by atomic mass is 32.2. The molecule has 0 fully saturated rings. The summed E-state index contributed by atoms with van der Waals surface area (Å²) >= 11 is 3.05. The number of anilines is 1. The van der Waals surface area contributed by atoms with E-state index in [1.807, 2.05) is 0 Å². The molecular weight excluding hydrogens is 468 g/mol. The van der Waals surface area contributed by atoms with Crippen LogP contribution in [0, 0.1) is 5.92 Å². The lowest BCUT2D eigenvalue weighted by atomic mass is 9.89. The van der Waals surface area contributed by atoms with E-state index >= 15 is 0 Å². The standard InChI is InChI=1S/C21H21F2N7OS2/c1-10-2-7-13-14(8-10)33-19-16(13)17(24)26-15(27-19)9-32-21-29-28-18(30(21)25)11-3-5-12(6-4-11)31-20(22)23/h3-6,10,20H,2,7-9,25H2,1H3,(H2,24,26,27). The Balaban J connectivity index is 1.33. The van der Waals surface area contributed by atoms with Gasteiger partial charge in [0.25, 0.3) is 0 Å². The number of aryl methyl sites for hydroxylation is 1. The highest BCUT2D eigenvalue weighted by molar-refractivity contribution is 7.98. The van der Waals surface area contributed by atoms with Gasteiger partial charge in [-0.15, -0.1) is 21.5 Å². The molecule has 0 bridgehead atoms. The molecule has 172 valence electrons. The summed E-state index contributed by atoms with van der Waals surface area (Å²) in [5, 5.41) is 9.73. The third kappa shape index (κ3) is 4.32. The molecule has 0 saturated heterocycles. The van der Waals surface area contributed by atoms with Crippen molar-refractivity contribution in [3.63, 3.8) is 0 Å². The summed E-state index contributed by atoms with van der Waals surface area (Å²) in [5.41, 5.74) is 8.24. The van der Waals surface area contributed by atoms with Crippen LogP contribution in [0.25, 0.3) is 21.6 Å². The number of rotatable bonds is 6. The first-order valence-electron chi connectivity index (χ1n) is 10.3. The Kier molecular flexibility index (Phi) is 5.79. The van der Waals surface area contributed by atoms with Gasteiger partial charge in [-0.05, 0) is 55.0 Å². The number of nitrogens with zero attached hydrogens (tertiary/aromatic N) is 5. The Bertz CT molecular complexity index is 1310. The lowest BCUT2D eigenvalue weighted by molar-refractivity contribution is -0.0498. The second-order valence-corrected chi connectivity index (χ2v) is 9.95. The number of aromatic nitrogens is 5. The Morgan fingerprint density at radius 1 is 1.24 bits per heavy atom. The second kappa shape index (κ2) is 8.75. The number of thiophene rings is 1. The molecule has 0 aliphatic heterocycles. The molecule has 1 aromatic carbocycles. The van der Waals surface area contributed by atoms with Crippen molar-refractivity contribution in [1.82, 2.24) is 24.8 Å². The van der Waals surface area contributed by atoms with E-state index < -0.39 is 6.61 Å². The number of halogens is 2. The van der Waals surface area contributed by atoms with Gasteiger partial charge in [0, 0.05) is 10.4 Å². The van der Waals surface area contributed by atoms with Gasteiger partial charge in [0.05, 0.1) is 11.1 Å². The molecule has 33 heavy (non-hydrogen) atoms. The number of fused-ring (bicyclic) bond motifs is 3. The molecule has 0 amide bonds. The van der Waals surface area contributed by atoms with Crippen molar-refractivity contribution in [3.05, 3.63) is 40.5 Å². The third-order valence-corrected chi connectivity index (χ3v) is 7.65. The van der Waals surface area contributed by atoms with Gasteiger partial charge in [0.2, 0.25) is 5.16 Å². The molecule has 3 heterocycles. The Hall–Kier alpha value is -2.99. The van der Waals surface area contributed by atoms with Crippen LogP contribution in [0.4, 0.5) is 14.6 Å². The van der Waals surface area contributed by atoms with Crippen LogP contribution in [-0.2, 0) is 18.6 Å². The van der Waals surface area contributed by atoms with Gasteiger partial charge in [-0.2, -0.15) is 8.78 Å². The second-order valence-electron chi connectivity index (χ2n) is 7.92. The van der Waals surface area contributed by atoms with Crippen molar-refractivity contribution >= 4 is 39.1 Å². The van der Waals surface area contributed by atoms with Crippen molar-refractivity contribution < 1.29 is 13.5 Å². The molecule has 4 N–H and O–H groups in total. The molecule has 1 atom stereocenters. The lowest BCUT2D eigenvalue weighted by Gasteiger charge is -2.17. The number of nitrogen functional groups attached to an aromatic ring is 2. The van der Waals surface area contributed by atoms with Crippen LogP contribution in [0.2, 0.25) is 0 Å². The summed E-state index contributed by atoms with van der Waals surface area (Å²) in [4.78, 5) is 11.6. The van der Waals surface area contributed by atoms with Gasteiger partial charge in [-0.25, -0.2) is 14.6 Å². The zero-order chi connectivity index (χ0) is 23.1. The number of hydrogen-bond acceptors (Lipinski definition) is 9. The minimum atomic E-state index is -2.88. The zero-order valence-corrected chi connectivity index (χ0v) is 19.3. The normalized spacial score (nSPS) is 15.8. The van der Waals surface area contributed by atoms with Crippen LogP contribution < -0.4 is 16.3 Å². The Morgan fingerprint density at radius 3 is 2.79 bits per heavy atom. The fraction of sp³-hybridized carbons (Fsp3) is 0.333. The molecule has 8 nitrogen and oxygen atoms in total. The maximum atomic E-state index is 12.3. The zero-order valence-electron chi connectivity index (χ0n) is 17.7. The molecule has 0 radical (unpaired) electrons. The van der Waals surface area contributed by atoms with Gasteiger partial charge in [-0.1, -0.05) is 18.7 Å². The predicted molar refractivity (Wildman–Crippen MR) is 125 cm³/mol. The molecule has 0 spiro atoms. The third-order valence-electron chi connectivity index (χ3n) is 5.56. The van der Waals surface area contributed by atoms with Gasteiger partial charge in [0.1, 0.15) is 22.2 Å². The molecule has 1 aliphatic carbocycles. The Labute approximate surface area is 196 Å². The fourth-order valence-corrected chi connectivity index (χ4v) is 6.09. The maximum absolute atomic E-state index is 12.3. The van der Waals surface area contributed by atoms with E-state index in [4.69, 9.17) is 16.6 Å². The SMILES string of the molecule is CC1CCc2c(sc3nc(CSc4nnc(-c5ccc(OC(F)F)cc5)n4N)nc(N)c23)C1. The highest BCUT2D eigenvalue weighted by Gasteiger charge is 2.23. The van der Waals surface area contributed by atoms with Gasteiger partial charge in [0.15, 0.2) is 5.82 Å². The monoisotopic (exact) mass is 489 g/mol. The molecule has 12 heteroatoms. The van der Waals surface area contributed by atoms with Crippen molar-refractivity contribution in [3.8, 4) is 17.1 Å². The van der Waals surface area contributed by atoms with Crippen LogP contribution in [0.5, 0.6) is 5.75 Å². The largest absolute Gasteiger partial charge is 0.435 e. The number of nitrogens with two attached hydrogens (primary N) is 2. The predicted octanol–water partition coefficient (Wildman–Crippen LogP) is 4.26. The first kappa shape index (κ1) is 21.8. The summed E-state index contributed by atoms with van der Waals surface area (Å²) in [6.07, 6.45) is 3.24. The summed E-state index contributed by atoms with van der Waals surface area (Å²) in [6, 6.07) is 6.04. The number of benzene rings is 1. The number of thioether (sulfide) groups is 1. The van der Waals surface area contributed by atoms with Crippen molar-refractivity contribution in [2.75, 3.05) is 11.6 Å². The topological polar surface area (TPSA) is 118 Å². The van der Waals surface area contributed by atoms with E-state index in [0.29, 0.717) is 39.9 Å². The first-order chi connectivity index (χ1) is 15.9. The molecular formula is C21H21F2N7OS2. The molecule has 1 unspecified atom stereocenters. The highest BCUT2D eigenvalue weighted by Crippen LogP contribution is 2.39. The maximum Gasteiger partial charge on any atom is 0.387 e. The minimum absolute atomic E-state index is 0.0567. The lowest BCUT2D eigenvalue weighted by Crippen LogP contribution is -2.12. The summed E-state index contributed by atoms with van der Waals surface area (Å²) in [5.74, 6) is 8.85. The molecule has 4 aromatic rings. The Morgan fingerprint density at radius 2 is 2.03 bits per heavy atom. The summed E-state index contributed by atoms with van der Waals surface area (Å²) in [6.45, 7) is -0.608. The first-order valence-corrected chi connectivity index (χ1v) is 12.1. The number of alkyl halides is 2. The van der Waals surface area contributed by atoms with Crippen LogP contribution >= 0.6 is 23.1 Å². The van der Waals surface area contributed by atoms with Gasteiger partial charge < -0.3 is 16.3 Å². The summed E-state index contributed by atoms with van der Waals surface area (Å²) in [7, 11) is 0. The van der Waals surface area contributed by atoms with E-state index in [-0.39, 0.29) is 5.75 Å². The molecule has 1 aliphatic rings. The minimum Gasteiger partial charge on any atom is -0.435 e. The van der Waals surface area contributed by atoms with Crippen LogP contribution in [-0.4, -0.2) is 31.5 Å². The van der Waals surface area contributed by atoms with Crippen LogP contribution in [0.1, 0.15) is 29.6 Å². The van der Waals surface area contributed by atoms with Crippen LogP contribution in [0.3, 0.4) is 0 Å².